The molecule has 6 nitrogen and oxygen atoms in total. The summed E-state index contributed by atoms with van der Waals surface area (Å²) in [7, 11) is 3.05. The molecule has 8 heteroatoms. The van der Waals surface area contributed by atoms with Crippen LogP contribution in [-0.4, -0.2) is 41.4 Å². The largest absolute Gasteiger partial charge is 0.548 e. The molecule has 0 saturated carbocycles. The number of thiocarbonyl (C=S) groups is 1. The highest BCUT2D eigenvalue weighted by Gasteiger charge is 2.35. The normalized spacial score (nSPS) is 17.5. The molecule has 1 heterocycles. The van der Waals surface area contributed by atoms with Crippen LogP contribution in [0.4, 0.5) is 0 Å². The Hall–Kier alpha value is -2.06. The molecule has 0 N–H and O–H groups in total. The number of amides is 1. The van der Waals surface area contributed by atoms with Crippen molar-refractivity contribution in [3.8, 4) is 11.5 Å². The molecule has 1 atom stereocenters. The highest BCUT2D eigenvalue weighted by atomic mass is 32.2. The summed E-state index contributed by atoms with van der Waals surface area (Å²) in [4.78, 5) is 24.7. The quantitative estimate of drug-likeness (QED) is 0.579. The smallest absolute Gasteiger partial charge is 0.266 e. The van der Waals surface area contributed by atoms with Crippen molar-refractivity contribution in [2.75, 3.05) is 14.2 Å². The second-order valence-electron chi connectivity index (χ2n) is 4.66. The summed E-state index contributed by atoms with van der Waals surface area (Å²) >= 11 is 6.14. The van der Waals surface area contributed by atoms with Crippen LogP contribution in [0.1, 0.15) is 12.5 Å². The molecular formula is C15H14NO5S2-. The van der Waals surface area contributed by atoms with Crippen molar-refractivity contribution in [3.63, 3.8) is 0 Å². The monoisotopic (exact) mass is 352 g/mol. The predicted molar refractivity (Wildman–Crippen MR) is 89.0 cm³/mol. The lowest BCUT2D eigenvalue weighted by Crippen LogP contribution is -2.48. The van der Waals surface area contributed by atoms with Gasteiger partial charge in [0.1, 0.15) is 4.32 Å². The van der Waals surface area contributed by atoms with Gasteiger partial charge < -0.3 is 19.4 Å². The molecule has 0 spiro atoms. The molecule has 1 saturated heterocycles. The summed E-state index contributed by atoms with van der Waals surface area (Å²) in [6.07, 6.45) is 1.63. The molecule has 122 valence electrons. The van der Waals surface area contributed by atoms with Gasteiger partial charge in [-0.1, -0.05) is 30.0 Å². The van der Waals surface area contributed by atoms with E-state index in [0.29, 0.717) is 22.0 Å². The zero-order valence-corrected chi connectivity index (χ0v) is 14.3. The Bertz CT molecular complexity index is 701. The number of aliphatic carboxylic acids is 1. The molecule has 1 unspecified atom stereocenters. The Morgan fingerprint density at radius 1 is 1.35 bits per heavy atom. The third-order valence-corrected chi connectivity index (χ3v) is 4.59. The lowest BCUT2D eigenvalue weighted by atomic mass is 10.1. The maximum absolute atomic E-state index is 12.3. The first kappa shape index (κ1) is 17.3. The molecule has 1 aliphatic rings. The van der Waals surface area contributed by atoms with Gasteiger partial charge in [-0.15, -0.1) is 0 Å². The number of thioether (sulfide) groups is 1. The van der Waals surface area contributed by atoms with Crippen LogP contribution in [0.15, 0.2) is 23.1 Å². The number of nitrogens with zero attached hydrogens (tertiary/aromatic N) is 1. The molecule has 0 aliphatic carbocycles. The van der Waals surface area contributed by atoms with E-state index in [2.05, 4.69) is 0 Å². The molecular weight excluding hydrogens is 338 g/mol. The number of carboxylic acid groups (broad SMARTS) is 1. The standard InChI is InChI=1S/C15H15NO5S2/c1-8(14(18)19)16-13(17)12(23-15(16)22)7-9-4-5-10(20-2)11(6-9)21-3/h4-8H,1-3H3,(H,18,19)/p-1. The number of ether oxygens (including phenoxy) is 2. The predicted octanol–water partition coefficient (Wildman–Crippen LogP) is 1.04. The van der Waals surface area contributed by atoms with E-state index in [-0.39, 0.29) is 4.32 Å². The Morgan fingerprint density at radius 2 is 2.00 bits per heavy atom. The minimum absolute atomic E-state index is 0.193. The van der Waals surface area contributed by atoms with Crippen molar-refractivity contribution in [1.29, 1.82) is 0 Å². The highest BCUT2D eigenvalue weighted by Crippen LogP contribution is 2.35. The maximum Gasteiger partial charge on any atom is 0.266 e. The van der Waals surface area contributed by atoms with Crippen LogP contribution in [0, 0.1) is 0 Å². The van der Waals surface area contributed by atoms with Gasteiger partial charge in [-0.2, -0.15) is 0 Å². The van der Waals surface area contributed by atoms with Gasteiger partial charge in [0.25, 0.3) is 5.91 Å². The number of rotatable bonds is 5. The van der Waals surface area contributed by atoms with Crippen molar-refractivity contribution in [1.82, 2.24) is 4.90 Å². The summed E-state index contributed by atoms with van der Waals surface area (Å²) in [6.45, 7) is 1.36. The fraction of sp³-hybridized carbons (Fsp3) is 0.267. The van der Waals surface area contributed by atoms with Gasteiger partial charge >= 0.3 is 0 Å². The van der Waals surface area contributed by atoms with E-state index in [9.17, 15) is 14.7 Å². The van der Waals surface area contributed by atoms with Crippen molar-refractivity contribution in [2.24, 2.45) is 0 Å². The number of carboxylic acids is 1. The molecule has 1 fully saturated rings. The lowest BCUT2D eigenvalue weighted by Gasteiger charge is -2.23. The zero-order valence-electron chi connectivity index (χ0n) is 12.7. The first-order valence-corrected chi connectivity index (χ1v) is 7.81. The number of carbonyl (C=O) groups excluding carboxylic acids is 2. The molecule has 0 radical (unpaired) electrons. The summed E-state index contributed by atoms with van der Waals surface area (Å²) in [5, 5.41) is 11.0. The second-order valence-corrected chi connectivity index (χ2v) is 6.34. The van der Waals surface area contributed by atoms with Gasteiger partial charge in [0.05, 0.1) is 31.1 Å². The SMILES string of the molecule is COc1ccc(C=C2SC(=S)N(C(C)C(=O)[O-])C2=O)cc1OC. The van der Waals surface area contributed by atoms with Crippen molar-refractivity contribution in [3.05, 3.63) is 28.7 Å². The topological polar surface area (TPSA) is 78.9 Å². The number of benzene rings is 1. The van der Waals surface area contributed by atoms with Crippen LogP contribution in [0.5, 0.6) is 11.5 Å². The fourth-order valence-electron chi connectivity index (χ4n) is 2.01. The minimum atomic E-state index is -1.35. The van der Waals surface area contributed by atoms with Crippen molar-refractivity contribution < 1.29 is 24.2 Å². The van der Waals surface area contributed by atoms with E-state index in [4.69, 9.17) is 21.7 Å². The van der Waals surface area contributed by atoms with E-state index in [1.807, 2.05) is 0 Å². The van der Waals surface area contributed by atoms with Crippen LogP contribution in [0.2, 0.25) is 0 Å². The van der Waals surface area contributed by atoms with Gasteiger partial charge in [-0.25, -0.2) is 0 Å². The van der Waals surface area contributed by atoms with E-state index in [1.165, 1.54) is 21.1 Å². The third kappa shape index (κ3) is 3.48. The Kier molecular flexibility index (Phi) is 5.27. The minimum Gasteiger partial charge on any atom is -0.548 e. The maximum atomic E-state index is 12.3. The molecule has 1 aromatic rings. The highest BCUT2D eigenvalue weighted by molar-refractivity contribution is 8.26. The average molecular weight is 352 g/mol. The number of hydrogen-bond donors (Lipinski definition) is 0. The molecule has 1 aromatic carbocycles. The summed E-state index contributed by atoms with van der Waals surface area (Å²) < 4.78 is 10.6. The fourth-order valence-corrected chi connectivity index (χ4v) is 3.43. The Balaban J connectivity index is 2.32. The van der Waals surface area contributed by atoms with Crippen LogP contribution < -0.4 is 14.6 Å². The van der Waals surface area contributed by atoms with E-state index < -0.39 is 17.9 Å². The van der Waals surface area contributed by atoms with Gasteiger partial charge in [-0.3, -0.25) is 9.69 Å². The van der Waals surface area contributed by atoms with E-state index in [1.54, 1.807) is 24.3 Å². The summed E-state index contributed by atoms with van der Waals surface area (Å²) in [5.74, 6) is -0.706. The molecule has 1 aliphatic heterocycles. The van der Waals surface area contributed by atoms with Crippen LogP contribution in [0.3, 0.4) is 0 Å². The van der Waals surface area contributed by atoms with Crippen molar-refractivity contribution >= 4 is 46.3 Å². The third-order valence-electron chi connectivity index (χ3n) is 3.26. The second kappa shape index (κ2) is 7.01. The number of hydrogen-bond acceptors (Lipinski definition) is 7. The van der Waals surface area contributed by atoms with E-state index in [0.717, 1.165) is 16.7 Å². The molecule has 2 rings (SSSR count). The Labute approximate surface area is 143 Å². The average Bonchev–Trinajstić information content (AvgIpc) is 2.80. The first-order chi connectivity index (χ1) is 10.9. The van der Waals surface area contributed by atoms with Crippen LogP contribution in [0.25, 0.3) is 6.08 Å². The van der Waals surface area contributed by atoms with Gasteiger partial charge in [0.2, 0.25) is 0 Å². The molecule has 0 aromatic heterocycles. The van der Waals surface area contributed by atoms with Gasteiger partial charge in [0, 0.05) is 0 Å². The number of carbonyl (C=O) groups is 2. The van der Waals surface area contributed by atoms with Gasteiger partial charge in [-0.05, 0) is 30.7 Å². The van der Waals surface area contributed by atoms with Crippen molar-refractivity contribution in [2.45, 2.75) is 13.0 Å². The Morgan fingerprint density at radius 3 is 2.57 bits per heavy atom. The number of methoxy groups -OCH3 is 2. The first-order valence-electron chi connectivity index (χ1n) is 6.59. The summed E-state index contributed by atoms with van der Waals surface area (Å²) in [5.41, 5.74) is 0.712. The van der Waals surface area contributed by atoms with Crippen LogP contribution in [-0.2, 0) is 9.59 Å². The summed E-state index contributed by atoms with van der Waals surface area (Å²) in [6, 6.07) is 4.08. The molecule has 1 amide bonds. The van der Waals surface area contributed by atoms with Crippen LogP contribution >= 0.6 is 24.0 Å². The zero-order chi connectivity index (χ0) is 17.1. The molecule has 0 bridgehead atoms. The molecule has 23 heavy (non-hydrogen) atoms. The van der Waals surface area contributed by atoms with E-state index >= 15 is 0 Å². The van der Waals surface area contributed by atoms with Gasteiger partial charge in [0.15, 0.2) is 11.5 Å². The lowest BCUT2D eigenvalue weighted by molar-refractivity contribution is -0.309.